The number of likely N-dealkylation sites (N-methyl/N-ethyl adjacent to an activating group) is 1. The molecule has 3 nitrogen and oxygen atoms in total. The highest BCUT2D eigenvalue weighted by Gasteiger charge is 2.19. The fraction of sp³-hybridized carbons (Fsp3) is 0.667. The predicted molar refractivity (Wildman–Crippen MR) is 64.9 cm³/mol. The molecule has 0 radical (unpaired) electrons. The van der Waals surface area contributed by atoms with E-state index in [0.29, 0.717) is 0 Å². The average molecular weight is 209 g/mol. The molecule has 15 heavy (non-hydrogen) atoms. The van der Waals surface area contributed by atoms with E-state index < -0.39 is 0 Å². The summed E-state index contributed by atoms with van der Waals surface area (Å²) in [6.07, 6.45) is 4.23. The third-order valence-corrected chi connectivity index (χ3v) is 2.99. The monoisotopic (exact) mass is 209 g/mol. The lowest BCUT2D eigenvalue weighted by Gasteiger charge is -2.32. The van der Waals surface area contributed by atoms with Crippen LogP contribution in [0.3, 0.4) is 0 Å². The zero-order valence-corrected chi connectivity index (χ0v) is 10.5. The molecule has 0 fully saturated rings. The maximum Gasteiger partial charge on any atom is 0.0271 e. The average Bonchev–Trinajstić information content (AvgIpc) is 2.51. The van der Waals surface area contributed by atoms with E-state index in [9.17, 15) is 0 Å². The number of nitrogens with one attached hydrogen (secondary N) is 1. The molecule has 86 valence electrons. The molecule has 3 heteroatoms. The van der Waals surface area contributed by atoms with E-state index in [1.54, 1.807) is 0 Å². The van der Waals surface area contributed by atoms with E-state index in [4.69, 9.17) is 0 Å². The molecule has 0 aromatic carbocycles. The van der Waals surface area contributed by atoms with Crippen LogP contribution in [-0.4, -0.2) is 35.6 Å². The summed E-state index contributed by atoms with van der Waals surface area (Å²) in [7, 11) is 6.28. The Bertz CT molecular complexity index is 300. The van der Waals surface area contributed by atoms with Crippen LogP contribution in [0.1, 0.15) is 19.4 Å². The van der Waals surface area contributed by atoms with E-state index in [-0.39, 0.29) is 5.54 Å². The van der Waals surface area contributed by atoms with Crippen LogP contribution in [0.25, 0.3) is 0 Å². The van der Waals surface area contributed by atoms with Crippen molar-refractivity contribution in [2.45, 2.75) is 25.9 Å². The van der Waals surface area contributed by atoms with E-state index >= 15 is 0 Å². The van der Waals surface area contributed by atoms with Crippen molar-refractivity contribution in [3.05, 3.63) is 24.0 Å². The van der Waals surface area contributed by atoms with Gasteiger partial charge in [-0.05, 0) is 39.6 Å². The third-order valence-electron chi connectivity index (χ3n) is 2.99. The van der Waals surface area contributed by atoms with Gasteiger partial charge < -0.3 is 14.8 Å². The minimum atomic E-state index is 0.203. The van der Waals surface area contributed by atoms with Crippen molar-refractivity contribution in [1.29, 1.82) is 0 Å². The van der Waals surface area contributed by atoms with E-state index in [1.807, 2.05) is 7.05 Å². The van der Waals surface area contributed by atoms with Gasteiger partial charge in [0, 0.05) is 38.1 Å². The highest BCUT2D eigenvalue weighted by atomic mass is 15.2. The summed E-state index contributed by atoms with van der Waals surface area (Å²) < 4.78 is 2.08. The van der Waals surface area contributed by atoms with E-state index in [0.717, 1.165) is 13.1 Å². The molecule has 1 aromatic heterocycles. The minimum Gasteiger partial charge on any atom is -0.357 e. The number of aryl methyl sites for hydroxylation is 1. The SMILES string of the molecule is CN(C)C(C)(C)CNCc1ccn(C)c1. The topological polar surface area (TPSA) is 20.2 Å². The number of rotatable bonds is 5. The molecule has 0 saturated heterocycles. The van der Waals surface area contributed by atoms with E-state index in [1.165, 1.54) is 5.56 Å². The highest BCUT2D eigenvalue weighted by molar-refractivity contribution is 5.09. The van der Waals surface area contributed by atoms with Crippen LogP contribution in [0.2, 0.25) is 0 Å². The molecule has 0 spiro atoms. The Morgan fingerprint density at radius 1 is 1.40 bits per heavy atom. The number of hydrogen-bond donors (Lipinski definition) is 1. The zero-order valence-electron chi connectivity index (χ0n) is 10.5. The molecule has 1 aromatic rings. The molecule has 0 bridgehead atoms. The van der Waals surface area contributed by atoms with Crippen molar-refractivity contribution in [3.63, 3.8) is 0 Å². The first-order chi connectivity index (χ1) is 6.92. The second kappa shape index (κ2) is 4.81. The summed E-state index contributed by atoms with van der Waals surface area (Å²) in [4.78, 5) is 2.24. The normalized spacial score (nSPS) is 12.4. The second-order valence-corrected chi connectivity index (χ2v) is 5.00. The Morgan fingerprint density at radius 3 is 2.53 bits per heavy atom. The van der Waals surface area contributed by atoms with Crippen molar-refractivity contribution < 1.29 is 0 Å². The van der Waals surface area contributed by atoms with Crippen molar-refractivity contribution in [2.75, 3.05) is 20.6 Å². The summed E-state index contributed by atoms with van der Waals surface area (Å²) >= 11 is 0. The van der Waals surface area contributed by atoms with Crippen LogP contribution < -0.4 is 5.32 Å². The second-order valence-electron chi connectivity index (χ2n) is 5.00. The molecule has 0 unspecified atom stereocenters. The molecule has 0 aliphatic heterocycles. The van der Waals surface area contributed by atoms with Gasteiger partial charge in [0.15, 0.2) is 0 Å². The van der Waals surface area contributed by atoms with Crippen LogP contribution in [0.5, 0.6) is 0 Å². The van der Waals surface area contributed by atoms with Gasteiger partial charge in [0.2, 0.25) is 0 Å². The molecular weight excluding hydrogens is 186 g/mol. The number of aromatic nitrogens is 1. The summed E-state index contributed by atoms with van der Waals surface area (Å²) in [5, 5.41) is 3.48. The van der Waals surface area contributed by atoms with Crippen LogP contribution in [0.15, 0.2) is 18.5 Å². The van der Waals surface area contributed by atoms with Crippen molar-refractivity contribution >= 4 is 0 Å². The Labute approximate surface area is 93.1 Å². The van der Waals surface area contributed by atoms with Crippen molar-refractivity contribution in [3.8, 4) is 0 Å². The highest BCUT2D eigenvalue weighted by Crippen LogP contribution is 2.08. The van der Waals surface area contributed by atoms with E-state index in [2.05, 4.69) is 61.2 Å². The predicted octanol–water partition coefficient (Wildman–Crippen LogP) is 1.45. The Balaban J connectivity index is 2.33. The third kappa shape index (κ3) is 3.68. The summed E-state index contributed by atoms with van der Waals surface area (Å²) in [5.41, 5.74) is 1.54. The number of nitrogens with zero attached hydrogens (tertiary/aromatic N) is 2. The van der Waals surface area contributed by atoms with Gasteiger partial charge in [0.25, 0.3) is 0 Å². The van der Waals surface area contributed by atoms with Gasteiger partial charge >= 0.3 is 0 Å². The lowest BCUT2D eigenvalue weighted by atomic mass is 10.0. The zero-order chi connectivity index (χ0) is 11.5. The van der Waals surface area contributed by atoms with Crippen LogP contribution in [-0.2, 0) is 13.6 Å². The van der Waals surface area contributed by atoms with Gasteiger partial charge in [-0.15, -0.1) is 0 Å². The summed E-state index contributed by atoms with van der Waals surface area (Å²) in [5.74, 6) is 0. The van der Waals surface area contributed by atoms with Crippen LogP contribution in [0, 0.1) is 0 Å². The lowest BCUT2D eigenvalue weighted by Crippen LogP contribution is -2.46. The van der Waals surface area contributed by atoms with Gasteiger partial charge in [0.1, 0.15) is 0 Å². The maximum absolute atomic E-state index is 3.48. The molecule has 0 aliphatic rings. The Kier molecular flexibility index (Phi) is 3.94. The summed E-state index contributed by atoms with van der Waals surface area (Å²) in [6, 6.07) is 2.15. The Morgan fingerprint density at radius 2 is 2.07 bits per heavy atom. The molecule has 1 rings (SSSR count). The molecule has 1 N–H and O–H groups in total. The van der Waals surface area contributed by atoms with Gasteiger partial charge in [-0.1, -0.05) is 0 Å². The lowest BCUT2D eigenvalue weighted by molar-refractivity contribution is 0.190. The van der Waals surface area contributed by atoms with Crippen LogP contribution >= 0.6 is 0 Å². The first-order valence-corrected chi connectivity index (χ1v) is 5.41. The molecule has 0 saturated carbocycles. The smallest absolute Gasteiger partial charge is 0.0271 e. The fourth-order valence-electron chi connectivity index (χ4n) is 1.34. The first-order valence-electron chi connectivity index (χ1n) is 5.41. The van der Waals surface area contributed by atoms with Gasteiger partial charge in [0.05, 0.1) is 0 Å². The minimum absolute atomic E-state index is 0.203. The standard InChI is InChI=1S/C12H23N3/c1-12(2,14(3)4)10-13-8-11-6-7-15(5)9-11/h6-7,9,13H,8,10H2,1-5H3. The maximum atomic E-state index is 3.48. The summed E-state index contributed by atoms with van der Waals surface area (Å²) in [6.45, 7) is 6.42. The molecule has 0 amide bonds. The van der Waals surface area contributed by atoms with Gasteiger partial charge in [-0.3, -0.25) is 0 Å². The molecular formula is C12H23N3. The van der Waals surface area contributed by atoms with Crippen LogP contribution in [0.4, 0.5) is 0 Å². The molecule has 0 aliphatic carbocycles. The van der Waals surface area contributed by atoms with Crippen molar-refractivity contribution in [1.82, 2.24) is 14.8 Å². The van der Waals surface area contributed by atoms with Gasteiger partial charge in [-0.25, -0.2) is 0 Å². The first kappa shape index (κ1) is 12.3. The Hall–Kier alpha value is -0.800. The van der Waals surface area contributed by atoms with Gasteiger partial charge in [-0.2, -0.15) is 0 Å². The van der Waals surface area contributed by atoms with Crippen molar-refractivity contribution in [2.24, 2.45) is 7.05 Å². The molecule has 1 heterocycles. The molecule has 0 atom stereocenters. The quantitative estimate of drug-likeness (QED) is 0.792. The number of hydrogen-bond acceptors (Lipinski definition) is 2. The fourth-order valence-corrected chi connectivity index (χ4v) is 1.34. The largest absolute Gasteiger partial charge is 0.357 e.